The Balaban J connectivity index is 2.01. The molecule has 10 heavy (non-hydrogen) atoms. The van der Waals surface area contributed by atoms with Crippen LogP contribution in [-0.4, -0.2) is 25.1 Å². The molecule has 1 N–H and O–H groups in total. The molecule has 0 atom stereocenters. The molecular weight excluding hydrogens is 142 g/mol. The van der Waals surface area contributed by atoms with Gasteiger partial charge >= 0.3 is 0 Å². The Kier molecular flexibility index (Phi) is 3.05. The Morgan fingerprint density at radius 3 is 2.60 bits per heavy atom. The number of rotatable bonds is 4. The van der Waals surface area contributed by atoms with Gasteiger partial charge in [0.15, 0.2) is 0 Å². The van der Waals surface area contributed by atoms with E-state index in [1.54, 1.807) is 0 Å². The monoisotopic (exact) mass is 159 g/mol. The van der Waals surface area contributed by atoms with Crippen molar-refractivity contribution < 1.29 is 0 Å². The lowest BCUT2D eigenvalue weighted by molar-refractivity contribution is 0.179. The van der Waals surface area contributed by atoms with E-state index in [9.17, 15) is 0 Å². The smallest absolute Gasteiger partial charge is 0.00176 e. The van der Waals surface area contributed by atoms with E-state index in [-0.39, 0.29) is 0 Å². The largest absolute Gasteiger partial charge is 0.316 e. The van der Waals surface area contributed by atoms with E-state index < -0.39 is 0 Å². The lowest BCUT2D eigenvalue weighted by atomic mass is 9.80. The van der Waals surface area contributed by atoms with Gasteiger partial charge in [0.1, 0.15) is 0 Å². The minimum atomic E-state index is 0.649. The second-order valence-corrected chi connectivity index (χ2v) is 4.50. The maximum atomic E-state index is 3.32. The van der Waals surface area contributed by atoms with Crippen LogP contribution in [0.1, 0.15) is 19.8 Å². The first-order valence-electron chi connectivity index (χ1n) is 3.96. The van der Waals surface area contributed by atoms with Crippen molar-refractivity contribution in [1.29, 1.82) is 0 Å². The third-order valence-electron chi connectivity index (χ3n) is 2.23. The van der Waals surface area contributed by atoms with Crippen LogP contribution in [-0.2, 0) is 0 Å². The highest BCUT2D eigenvalue weighted by Crippen LogP contribution is 2.27. The molecule has 1 fully saturated rings. The van der Waals surface area contributed by atoms with Gasteiger partial charge in [-0.25, -0.2) is 0 Å². The van der Waals surface area contributed by atoms with Crippen LogP contribution in [0.2, 0.25) is 0 Å². The quantitative estimate of drug-likeness (QED) is 0.627. The predicted molar refractivity (Wildman–Crippen MR) is 48.6 cm³/mol. The van der Waals surface area contributed by atoms with E-state index in [0.29, 0.717) is 5.41 Å². The second-order valence-electron chi connectivity index (χ2n) is 3.51. The van der Waals surface area contributed by atoms with E-state index in [1.807, 2.05) is 11.8 Å². The average molecular weight is 159 g/mol. The molecule has 60 valence electrons. The third kappa shape index (κ3) is 2.17. The Hall–Kier alpha value is 0.310. The van der Waals surface area contributed by atoms with Gasteiger partial charge in [0.25, 0.3) is 0 Å². The van der Waals surface area contributed by atoms with Gasteiger partial charge in [0.05, 0.1) is 0 Å². The minimum Gasteiger partial charge on any atom is -0.316 e. The molecule has 0 aliphatic carbocycles. The van der Waals surface area contributed by atoms with Crippen molar-refractivity contribution in [2.45, 2.75) is 19.8 Å². The zero-order chi connectivity index (χ0) is 7.45. The predicted octanol–water partition coefficient (Wildman–Crippen LogP) is 1.74. The van der Waals surface area contributed by atoms with Crippen LogP contribution in [0.4, 0.5) is 0 Å². The molecule has 0 radical (unpaired) electrons. The molecule has 1 saturated heterocycles. The van der Waals surface area contributed by atoms with Crippen molar-refractivity contribution in [2.24, 2.45) is 5.41 Å². The van der Waals surface area contributed by atoms with Crippen molar-refractivity contribution in [3.63, 3.8) is 0 Å². The van der Waals surface area contributed by atoms with Gasteiger partial charge in [-0.2, -0.15) is 11.8 Å². The summed E-state index contributed by atoms with van der Waals surface area (Å²) in [5, 5.41) is 3.32. The molecule has 0 unspecified atom stereocenters. The molecule has 0 aromatic carbocycles. The van der Waals surface area contributed by atoms with Gasteiger partial charge in [-0.1, -0.05) is 6.92 Å². The molecule has 0 amide bonds. The van der Waals surface area contributed by atoms with Crippen LogP contribution in [0, 0.1) is 5.41 Å². The summed E-state index contributed by atoms with van der Waals surface area (Å²) >= 11 is 1.96. The maximum Gasteiger partial charge on any atom is 0.00176 e. The fraction of sp³-hybridized carbons (Fsp3) is 1.00. The molecule has 1 rings (SSSR count). The van der Waals surface area contributed by atoms with Gasteiger partial charge < -0.3 is 5.32 Å². The Labute approximate surface area is 68.0 Å². The fourth-order valence-corrected chi connectivity index (χ4v) is 1.80. The summed E-state index contributed by atoms with van der Waals surface area (Å²) in [4.78, 5) is 0. The fourth-order valence-electron chi connectivity index (χ4n) is 1.37. The maximum absolute atomic E-state index is 3.32. The average Bonchev–Trinajstić information content (AvgIpc) is 1.85. The first kappa shape index (κ1) is 8.41. The normalized spacial score (nSPS) is 22.2. The van der Waals surface area contributed by atoms with E-state index >= 15 is 0 Å². The van der Waals surface area contributed by atoms with Crippen molar-refractivity contribution in [3.8, 4) is 0 Å². The zero-order valence-corrected chi connectivity index (χ0v) is 7.76. The van der Waals surface area contributed by atoms with Gasteiger partial charge in [-0.05, 0) is 30.3 Å². The molecule has 1 aliphatic heterocycles. The molecule has 2 heteroatoms. The van der Waals surface area contributed by atoms with Crippen LogP contribution < -0.4 is 5.32 Å². The number of nitrogens with one attached hydrogen (secondary N) is 1. The summed E-state index contributed by atoms with van der Waals surface area (Å²) in [5.41, 5.74) is 0.649. The summed E-state index contributed by atoms with van der Waals surface area (Å²) in [6.07, 6.45) is 4.97. The summed E-state index contributed by atoms with van der Waals surface area (Å²) in [7, 11) is 0. The Bertz CT molecular complexity index is 99.4. The summed E-state index contributed by atoms with van der Waals surface area (Å²) in [6, 6.07) is 0. The van der Waals surface area contributed by atoms with E-state index in [1.165, 1.54) is 31.7 Å². The number of hydrogen-bond donors (Lipinski definition) is 1. The lowest BCUT2D eigenvalue weighted by Crippen LogP contribution is -2.51. The Morgan fingerprint density at radius 2 is 2.20 bits per heavy atom. The summed E-state index contributed by atoms with van der Waals surface area (Å²) in [5.74, 6) is 1.33. The molecular formula is C8H17NS. The van der Waals surface area contributed by atoms with Gasteiger partial charge in [-0.15, -0.1) is 0 Å². The standard InChI is InChI=1S/C8H17NS/c1-8(6-9-7-8)4-3-5-10-2/h9H,3-7H2,1-2H3. The minimum absolute atomic E-state index is 0.649. The van der Waals surface area contributed by atoms with Crippen LogP contribution >= 0.6 is 11.8 Å². The Morgan fingerprint density at radius 1 is 1.50 bits per heavy atom. The SMILES string of the molecule is CSCCCC1(C)CNC1. The van der Waals surface area contributed by atoms with Crippen LogP contribution in [0.5, 0.6) is 0 Å². The first-order valence-corrected chi connectivity index (χ1v) is 5.36. The van der Waals surface area contributed by atoms with E-state index in [2.05, 4.69) is 18.5 Å². The van der Waals surface area contributed by atoms with Gasteiger partial charge in [-0.3, -0.25) is 0 Å². The summed E-state index contributed by atoms with van der Waals surface area (Å²) in [6.45, 7) is 4.85. The first-order chi connectivity index (χ1) is 4.77. The van der Waals surface area contributed by atoms with Gasteiger partial charge in [0.2, 0.25) is 0 Å². The highest BCUT2D eigenvalue weighted by molar-refractivity contribution is 7.98. The second kappa shape index (κ2) is 3.63. The molecule has 0 bridgehead atoms. The topological polar surface area (TPSA) is 12.0 Å². The van der Waals surface area contributed by atoms with Crippen LogP contribution in [0.25, 0.3) is 0 Å². The molecule has 0 aromatic heterocycles. The number of thioether (sulfide) groups is 1. The third-order valence-corrected chi connectivity index (χ3v) is 2.93. The van der Waals surface area contributed by atoms with Crippen molar-refractivity contribution in [1.82, 2.24) is 5.32 Å². The molecule has 0 aromatic rings. The van der Waals surface area contributed by atoms with Crippen molar-refractivity contribution >= 4 is 11.8 Å². The highest BCUT2D eigenvalue weighted by atomic mass is 32.2. The molecule has 0 saturated carbocycles. The van der Waals surface area contributed by atoms with Gasteiger partial charge in [0, 0.05) is 13.1 Å². The number of hydrogen-bond acceptors (Lipinski definition) is 2. The summed E-state index contributed by atoms with van der Waals surface area (Å²) < 4.78 is 0. The van der Waals surface area contributed by atoms with Crippen LogP contribution in [0.15, 0.2) is 0 Å². The molecule has 0 spiro atoms. The molecule has 1 aliphatic rings. The lowest BCUT2D eigenvalue weighted by Gasteiger charge is -2.39. The molecule has 1 nitrogen and oxygen atoms in total. The molecule has 1 heterocycles. The van der Waals surface area contributed by atoms with Crippen LogP contribution in [0.3, 0.4) is 0 Å². The van der Waals surface area contributed by atoms with Crippen molar-refractivity contribution in [2.75, 3.05) is 25.1 Å². The van der Waals surface area contributed by atoms with Crippen molar-refractivity contribution in [3.05, 3.63) is 0 Å². The van der Waals surface area contributed by atoms with E-state index in [0.717, 1.165) is 0 Å². The zero-order valence-electron chi connectivity index (χ0n) is 6.94. The van der Waals surface area contributed by atoms with E-state index in [4.69, 9.17) is 0 Å². The highest BCUT2D eigenvalue weighted by Gasteiger charge is 2.30.